The van der Waals surface area contributed by atoms with E-state index in [1.807, 2.05) is 38.1 Å². The zero-order chi connectivity index (χ0) is 15.4. The molecule has 110 valence electrons. The van der Waals surface area contributed by atoms with E-state index in [9.17, 15) is 4.79 Å². The Hall–Kier alpha value is -2.76. The molecule has 0 unspecified atom stereocenters. The minimum Gasteiger partial charge on any atom is -0.491 e. The van der Waals surface area contributed by atoms with E-state index in [1.165, 1.54) is 12.3 Å². The Labute approximate surface area is 122 Å². The van der Waals surface area contributed by atoms with Gasteiger partial charge in [0.25, 0.3) is 0 Å². The van der Waals surface area contributed by atoms with Gasteiger partial charge in [0.15, 0.2) is 5.82 Å². The number of hydrogen-bond donors (Lipinski definition) is 3. The van der Waals surface area contributed by atoms with Gasteiger partial charge in [0.1, 0.15) is 5.75 Å². The third-order valence-electron chi connectivity index (χ3n) is 2.65. The van der Waals surface area contributed by atoms with Gasteiger partial charge < -0.3 is 20.9 Å². The van der Waals surface area contributed by atoms with Crippen LogP contribution in [0.25, 0.3) is 0 Å². The molecule has 21 heavy (non-hydrogen) atoms. The van der Waals surface area contributed by atoms with Crippen molar-refractivity contribution in [1.29, 1.82) is 0 Å². The van der Waals surface area contributed by atoms with Crippen molar-refractivity contribution in [2.45, 2.75) is 20.0 Å². The molecular weight excluding hydrogens is 270 g/mol. The number of anilines is 3. The molecule has 1 aromatic heterocycles. The number of aromatic nitrogens is 1. The van der Waals surface area contributed by atoms with E-state index in [0.717, 1.165) is 11.4 Å². The summed E-state index contributed by atoms with van der Waals surface area (Å²) < 4.78 is 5.55. The van der Waals surface area contributed by atoms with Gasteiger partial charge in [-0.1, -0.05) is 0 Å². The summed E-state index contributed by atoms with van der Waals surface area (Å²) in [6, 6.07) is 8.72. The number of rotatable bonds is 5. The van der Waals surface area contributed by atoms with Crippen molar-refractivity contribution in [2.75, 3.05) is 11.1 Å². The van der Waals surface area contributed by atoms with Crippen molar-refractivity contribution in [3.05, 3.63) is 42.1 Å². The van der Waals surface area contributed by atoms with Gasteiger partial charge in [0, 0.05) is 11.9 Å². The number of carbonyl (C=O) groups is 1. The average Bonchev–Trinajstić information content (AvgIpc) is 2.42. The fraction of sp³-hybridized carbons (Fsp3) is 0.200. The predicted molar refractivity (Wildman–Crippen MR) is 81.1 cm³/mol. The molecule has 0 atom stereocenters. The monoisotopic (exact) mass is 287 g/mol. The highest BCUT2D eigenvalue weighted by Crippen LogP contribution is 2.23. The van der Waals surface area contributed by atoms with Crippen LogP contribution in [0.1, 0.15) is 24.2 Å². The Morgan fingerprint density at radius 1 is 1.33 bits per heavy atom. The van der Waals surface area contributed by atoms with Gasteiger partial charge >= 0.3 is 5.97 Å². The van der Waals surface area contributed by atoms with E-state index in [1.54, 1.807) is 0 Å². The number of nitrogens with two attached hydrogens (primary N) is 1. The number of carboxylic acids is 1. The summed E-state index contributed by atoms with van der Waals surface area (Å²) >= 11 is 0. The standard InChI is InChI=1S/C15H17N3O3/c1-9(2)21-12-5-3-11(4-6-12)18-14-13(16)7-10(8-17-14)15(19)20/h3-9H,16H2,1-2H3,(H,17,18)(H,19,20). The third kappa shape index (κ3) is 3.85. The number of nitrogens with zero attached hydrogens (tertiary/aromatic N) is 1. The molecule has 6 heteroatoms. The van der Waals surface area contributed by atoms with Crippen LogP contribution in [-0.2, 0) is 0 Å². The zero-order valence-corrected chi connectivity index (χ0v) is 11.8. The fourth-order valence-electron chi connectivity index (χ4n) is 1.73. The van der Waals surface area contributed by atoms with Crippen molar-refractivity contribution in [3.8, 4) is 5.75 Å². The minimum absolute atomic E-state index is 0.0544. The molecule has 0 bridgehead atoms. The van der Waals surface area contributed by atoms with Gasteiger partial charge in [-0.25, -0.2) is 9.78 Å². The first-order chi connectivity index (χ1) is 9.95. The Morgan fingerprint density at radius 2 is 2.00 bits per heavy atom. The number of aromatic carboxylic acids is 1. The van der Waals surface area contributed by atoms with E-state index < -0.39 is 5.97 Å². The van der Waals surface area contributed by atoms with Crippen LogP contribution in [0.4, 0.5) is 17.2 Å². The van der Waals surface area contributed by atoms with Crippen LogP contribution in [0.5, 0.6) is 5.75 Å². The van der Waals surface area contributed by atoms with Crippen LogP contribution in [0.2, 0.25) is 0 Å². The molecule has 2 rings (SSSR count). The van der Waals surface area contributed by atoms with Crippen molar-refractivity contribution >= 4 is 23.2 Å². The molecule has 0 aliphatic heterocycles. The molecule has 4 N–H and O–H groups in total. The SMILES string of the molecule is CC(C)Oc1ccc(Nc2ncc(C(=O)O)cc2N)cc1. The second kappa shape index (κ2) is 6.13. The number of nitrogen functional groups attached to an aromatic ring is 1. The minimum atomic E-state index is -1.06. The Balaban J connectivity index is 2.13. The third-order valence-corrected chi connectivity index (χ3v) is 2.65. The summed E-state index contributed by atoms with van der Waals surface area (Å²) in [6.45, 7) is 3.92. The fourth-order valence-corrected chi connectivity index (χ4v) is 1.73. The van der Waals surface area contributed by atoms with E-state index in [2.05, 4.69) is 10.3 Å². The summed E-state index contributed by atoms with van der Waals surface area (Å²) in [7, 11) is 0. The zero-order valence-electron chi connectivity index (χ0n) is 11.8. The molecule has 0 radical (unpaired) electrons. The van der Waals surface area contributed by atoms with Gasteiger partial charge in [-0.15, -0.1) is 0 Å². The lowest BCUT2D eigenvalue weighted by Gasteiger charge is -2.12. The quantitative estimate of drug-likeness (QED) is 0.782. The van der Waals surface area contributed by atoms with Crippen molar-refractivity contribution < 1.29 is 14.6 Å². The molecule has 1 aromatic carbocycles. The average molecular weight is 287 g/mol. The summed E-state index contributed by atoms with van der Waals surface area (Å²) in [4.78, 5) is 14.8. The predicted octanol–water partition coefficient (Wildman–Crippen LogP) is 2.89. The van der Waals surface area contributed by atoms with Crippen LogP contribution in [0.15, 0.2) is 36.5 Å². The summed E-state index contributed by atoms with van der Waals surface area (Å²) in [5.41, 5.74) is 6.91. The normalized spacial score (nSPS) is 10.4. The largest absolute Gasteiger partial charge is 0.491 e. The molecule has 0 fully saturated rings. The second-order valence-corrected chi connectivity index (χ2v) is 4.78. The highest BCUT2D eigenvalue weighted by molar-refractivity contribution is 5.89. The Morgan fingerprint density at radius 3 is 2.52 bits per heavy atom. The van der Waals surface area contributed by atoms with Gasteiger partial charge in [0.05, 0.1) is 17.4 Å². The maximum atomic E-state index is 10.8. The molecule has 6 nitrogen and oxygen atoms in total. The van der Waals surface area contributed by atoms with Crippen LogP contribution in [0.3, 0.4) is 0 Å². The number of ether oxygens (including phenoxy) is 1. The number of carboxylic acid groups (broad SMARTS) is 1. The van der Waals surface area contributed by atoms with Gasteiger partial charge in [0.2, 0.25) is 0 Å². The summed E-state index contributed by atoms with van der Waals surface area (Å²) in [6.07, 6.45) is 1.38. The molecule has 0 spiro atoms. The summed E-state index contributed by atoms with van der Waals surface area (Å²) in [5, 5.41) is 11.9. The lowest BCUT2D eigenvalue weighted by molar-refractivity contribution is 0.0696. The topological polar surface area (TPSA) is 97.5 Å². The van der Waals surface area contributed by atoms with Crippen LogP contribution in [-0.4, -0.2) is 22.2 Å². The lowest BCUT2D eigenvalue weighted by atomic mass is 10.2. The van der Waals surface area contributed by atoms with Crippen molar-refractivity contribution in [1.82, 2.24) is 4.98 Å². The van der Waals surface area contributed by atoms with Gasteiger partial charge in [-0.2, -0.15) is 0 Å². The highest BCUT2D eigenvalue weighted by Gasteiger charge is 2.08. The first-order valence-electron chi connectivity index (χ1n) is 6.48. The maximum Gasteiger partial charge on any atom is 0.337 e. The van der Waals surface area contributed by atoms with Crippen LogP contribution in [0, 0.1) is 0 Å². The molecule has 2 aromatic rings. The van der Waals surface area contributed by atoms with E-state index in [0.29, 0.717) is 5.82 Å². The maximum absolute atomic E-state index is 10.8. The summed E-state index contributed by atoms with van der Waals surface area (Å²) in [5.74, 6) is 0.131. The molecule has 0 aliphatic rings. The Bertz CT molecular complexity index is 639. The first-order valence-corrected chi connectivity index (χ1v) is 6.48. The number of pyridine rings is 1. The van der Waals surface area contributed by atoms with Gasteiger partial charge in [-0.3, -0.25) is 0 Å². The molecular formula is C15H17N3O3. The Kier molecular flexibility index (Phi) is 4.27. The van der Waals surface area contributed by atoms with Gasteiger partial charge in [-0.05, 0) is 44.2 Å². The van der Waals surface area contributed by atoms with E-state index >= 15 is 0 Å². The molecule has 1 heterocycles. The molecule has 0 saturated carbocycles. The van der Waals surface area contributed by atoms with Crippen LogP contribution >= 0.6 is 0 Å². The first kappa shape index (κ1) is 14.6. The molecule has 0 saturated heterocycles. The number of benzene rings is 1. The van der Waals surface area contributed by atoms with E-state index in [-0.39, 0.29) is 17.4 Å². The lowest BCUT2D eigenvalue weighted by Crippen LogP contribution is -2.05. The number of hydrogen-bond acceptors (Lipinski definition) is 5. The molecule has 0 amide bonds. The highest BCUT2D eigenvalue weighted by atomic mass is 16.5. The van der Waals surface area contributed by atoms with Crippen molar-refractivity contribution in [3.63, 3.8) is 0 Å². The van der Waals surface area contributed by atoms with Crippen LogP contribution < -0.4 is 15.8 Å². The smallest absolute Gasteiger partial charge is 0.337 e. The second-order valence-electron chi connectivity index (χ2n) is 4.78. The molecule has 0 aliphatic carbocycles. The number of nitrogens with one attached hydrogen (secondary N) is 1. The van der Waals surface area contributed by atoms with E-state index in [4.69, 9.17) is 15.6 Å². The van der Waals surface area contributed by atoms with Crippen molar-refractivity contribution in [2.24, 2.45) is 0 Å².